The van der Waals surface area contributed by atoms with Gasteiger partial charge in [-0.2, -0.15) is 0 Å². The topological polar surface area (TPSA) is 111 Å². The van der Waals surface area contributed by atoms with Crippen LogP contribution in [0.2, 0.25) is 0 Å². The Morgan fingerprint density at radius 1 is 1.18 bits per heavy atom. The highest BCUT2D eigenvalue weighted by Crippen LogP contribution is 2.40. The minimum absolute atomic E-state index is 0.00834. The fourth-order valence-corrected chi connectivity index (χ4v) is 5.13. The van der Waals surface area contributed by atoms with E-state index in [1.54, 1.807) is 14.2 Å². The van der Waals surface area contributed by atoms with Gasteiger partial charge in [0, 0.05) is 18.7 Å². The molecule has 5 unspecified atom stereocenters. The summed E-state index contributed by atoms with van der Waals surface area (Å²) >= 11 is 0. The van der Waals surface area contributed by atoms with E-state index in [-0.39, 0.29) is 24.0 Å². The maximum Gasteiger partial charge on any atom is 0.307 e. The number of benzene rings is 1. The van der Waals surface area contributed by atoms with E-state index in [1.165, 1.54) is 0 Å². The van der Waals surface area contributed by atoms with Crippen LogP contribution in [0.3, 0.4) is 0 Å². The van der Waals surface area contributed by atoms with Gasteiger partial charge in [0.1, 0.15) is 23.3 Å². The molecule has 33 heavy (non-hydrogen) atoms. The Hall–Kier alpha value is -2.87. The van der Waals surface area contributed by atoms with Gasteiger partial charge in [0.05, 0.1) is 18.9 Å². The van der Waals surface area contributed by atoms with Crippen molar-refractivity contribution in [3.05, 3.63) is 35.7 Å². The molecule has 0 bridgehead atoms. The van der Waals surface area contributed by atoms with Gasteiger partial charge in [-0.25, -0.2) is 4.98 Å². The third-order valence-electron chi connectivity index (χ3n) is 7.09. The van der Waals surface area contributed by atoms with E-state index in [4.69, 9.17) is 18.9 Å². The Kier molecular flexibility index (Phi) is 7.02. The number of carbonyl (C=O) groups is 2. The number of methoxy groups -OCH3 is 2. The lowest BCUT2D eigenvalue weighted by Crippen LogP contribution is -2.48. The van der Waals surface area contributed by atoms with Gasteiger partial charge in [0.2, 0.25) is 11.8 Å². The molecule has 1 aromatic heterocycles. The number of oxazole rings is 1. The minimum Gasteiger partial charge on any atom is -0.497 e. The van der Waals surface area contributed by atoms with E-state index >= 15 is 0 Å². The summed E-state index contributed by atoms with van der Waals surface area (Å²) in [6.07, 6.45) is 4.54. The zero-order valence-electron chi connectivity index (χ0n) is 19.4. The summed E-state index contributed by atoms with van der Waals surface area (Å²) in [7, 11) is 3.30. The molecule has 1 aromatic carbocycles. The van der Waals surface area contributed by atoms with Crippen molar-refractivity contribution in [2.45, 2.75) is 57.6 Å². The predicted octanol–water partition coefficient (Wildman–Crippen LogP) is 4.13. The first-order valence-corrected chi connectivity index (χ1v) is 11.6. The highest BCUT2D eigenvalue weighted by Gasteiger charge is 2.42. The van der Waals surface area contributed by atoms with Gasteiger partial charge in [-0.1, -0.05) is 12.5 Å². The number of nitrogens with zero attached hydrogens (tertiary/aromatic N) is 1. The number of aromatic nitrogens is 1. The van der Waals surface area contributed by atoms with Crippen LogP contribution < -0.4 is 10.1 Å². The summed E-state index contributed by atoms with van der Waals surface area (Å²) in [6, 6.07) is 7.59. The van der Waals surface area contributed by atoms with Crippen LogP contribution in [0.15, 0.2) is 28.7 Å². The minimum atomic E-state index is -0.879. The summed E-state index contributed by atoms with van der Waals surface area (Å²) in [4.78, 5) is 28.7. The molecule has 0 aliphatic heterocycles. The largest absolute Gasteiger partial charge is 0.497 e. The molecule has 8 heteroatoms. The fraction of sp³-hybridized carbons (Fsp3) is 0.560. The van der Waals surface area contributed by atoms with Crippen molar-refractivity contribution in [3.8, 4) is 17.2 Å². The van der Waals surface area contributed by atoms with Crippen molar-refractivity contribution in [3.63, 3.8) is 0 Å². The lowest BCUT2D eigenvalue weighted by atomic mass is 9.72. The molecule has 4 rings (SSSR count). The highest BCUT2D eigenvalue weighted by molar-refractivity contribution is 5.86. The van der Waals surface area contributed by atoms with E-state index < -0.39 is 17.8 Å². The predicted molar refractivity (Wildman–Crippen MR) is 121 cm³/mol. The molecule has 2 aliphatic carbocycles. The molecule has 1 heterocycles. The third-order valence-corrected chi connectivity index (χ3v) is 7.09. The monoisotopic (exact) mass is 456 g/mol. The SMILES string of the molecule is COc1cccc(-c2nc(C(OC)C3CCCC(NC(=O)C4CCC4C(=O)O)C3)c(C)o2)c1. The molecule has 0 spiro atoms. The van der Waals surface area contributed by atoms with E-state index in [2.05, 4.69) is 5.32 Å². The quantitative estimate of drug-likeness (QED) is 0.614. The number of aryl methyl sites for hydroxylation is 1. The first kappa shape index (κ1) is 23.3. The van der Waals surface area contributed by atoms with E-state index in [1.807, 2.05) is 31.2 Å². The second-order valence-corrected chi connectivity index (χ2v) is 9.11. The van der Waals surface area contributed by atoms with Gasteiger partial charge < -0.3 is 24.3 Å². The van der Waals surface area contributed by atoms with Gasteiger partial charge in [-0.05, 0) is 63.1 Å². The van der Waals surface area contributed by atoms with Gasteiger partial charge in [0.25, 0.3) is 0 Å². The van der Waals surface area contributed by atoms with Crippen molar-refractivity contribution in [2.75, 3.05) is 14.2 Å². The Morgan fingerprint density at radius 3 is 2.64 bits per heavy atom. The number of ether oxygens (including phenoxy) is 2. The van der Waals surface area contributed by atoms with Crippen molar-refractivity contribution >= 4 is 11.9 Å². The number of carbonyl (C=O) groups excluding carboxylic acids is 1. The molecular formula is C25H32N2O6. The lowest BCUT2D eigenvalue weighted by molar-refractivity contribution is -0.153. The number of amides is 1. The molecular weight excluding hydrogens is 424 g/mol. The highest BCUT2D eigenvalue weighted by atomic mass is 16.5. The van der Waals surface area contributed by atoms with Crippen molar-refractivity contribution in [1.82, 2.24) is 10.3 Å². The number of rotatable bonds is 8. The molecule has 2 N–H and O–H groups in total. The van der Waals surface area contributed by atoms with E-state index in [0.717, 1.165) is 42.7 Å². The number of carboxylic acids is 1. The van der Waals surface area contributed by atoms with Crippen LogP contribution in [0.5, 0.6) is 5.75 Å². The van der Waals surface area contributed by atoms with Gasteiger partial charge in [0.15, 0.2) is 0 Å². The molecule has 2 aromatic rings. The lowest BCUT2D eigenvalue weighted by Gasteiger charge is -2.37. The molecule has 8 nitrogen and oxygen atoms in total. The Bertz CT molecular complexity index is 1000. The molecule has 2 fully saturated rings. The van der Waals surface area contributed by atoms with Crippen molar-refractivity contribution in [2.24, 2.45) is 17.8 Å². The van der Waals surface area contributed by atoms with E-state index in [0.29, 0.717) is 24.5 Å². The smallest absolute Gasteiger partial charge is 0.307 e. The van der Waals surface area contributed by atoms with Gasteiger partial charge in [-0.3, -0.25) is 9.59 Å². The zero-order valence-corrected chi connectivity index (χ0v) is 19.4. The average molecular weight is 457 g/mol. The molecule has 0 saturated heterocycles. The van der Waals surface area contributed by atoms with Crippen LogP contribution in [0.1, 0.15) is 56.1 Å². The van der Waals surface area contributed by atoms with Crippen LogP contribution in [-0.4, -0.2) is 42.2 Å². The van der Waals surface area contributed by atoms with Crippen molar-refractivity contribution in [1.29, 1.82) is 0 Å². The van der Waals surface area contributed by atoms with Crippen LogP contribution >= 0.6 is 0 Å². The first-order valence-electron chi connectivity index (χ1n) is 11.6. The summed E-state index contributed by atoms with van der Waals surface area (Å²) in [5.41, 5.74) is 1.61. The van der Waals surface area contributed by atoms with Crippen LogP contribution in [0, 0.1) is 24.7 Å². The maximum absolute atomic E-state index is 12.6. The number of carboxylic acid groups (broad SMARTS) is 1. The number of hydrogen-bond donors (Lipinski definition) is 2. The molecule has 2 aliphatic rings. The van der Waals surface area contributed by atoms with Gasteiger partial charge >= 0.3 is 5.97 Å². The summed E-state index contributed by atoms with van der Waals surface area (Å²) in [5, 5.41) is 12.4. The summed E-state index contributed by atoms with van der Waals surface area (Å²) in [6.45, 7) is 1.89. The normalized spacial score (nSPS) is 25.7. The third kappa shape index (κ3) is 4.90. The molecule has 0 radical (unpaired) electrons. The molecule has 1 amide bonds. The Labute approximate surface area is 193 Å². The summed E-state index contributed by atoms with van der Waals surface area (Å²) < 4.78 is 17.2. The second-order valence-electron chi connectivity index (χ2n) is 9.11. The Balaban J connectivity index is 1.45. The standard InChI is InChI=1S/C25H32N2O6/c1-14-21(27-24(33-14)16-7-5-9-18(13-16)31-2)22(32-3)15-6-4-8-17(12-15)26-23(28)19-10-11-20(19)25(29)30/h5,7,9,13,15,17,19-20,22H,4,6,8,10-12H2,1-3H3,(H,26,28)(H,29,30). The summed E-state index contributed by atoms with van der Waals surface area (Å²) in [5.74, 6) is 0.164. The fourth-order valence-electron chi connectivity index (χ4n) is 5.13. The van der Waals surface area contributed by atoms with Crippen molar-refractivity contribution < 1.29 is 28.6 Å². The number of aliphatic carboxylic acids is 1. The molecule has 178 valence electrons. The molecule has 5 atom stereocenters. The zero-order chi connectivity index (χ0) is 23.5. The van der Waals surface area contributed by atoms with E-state index in [9.17, 15) is 14.7 Å². The van der Waals surface area contributed by atoms with Crippen LogP contribution in [0.25, 0.3) is 11.5 Å². The second kappa shape index (κ2) is 9.95. The van der Waals surface area contributed by atoms with Gasteiger partial charge in [-0.15, -0.1) is 0 Å². The first-order chi connectivity index (χ1) is 15.9. The number of hydrogen-bond acceptors (Lipinski definition) is 6. The van der Waals surface area contributed by atoms with Crippen LogP contribution in [0.4, 0.5) is 0 Å². The average Bonchev–Trinajstić information content (AvgIpc) is 3.15. The Morgan fingerprint density at radius 2 is 1.97 bits per heavy atom. The number of nitrogens with one attached hydrogen (secondary N) is 1. The molecule has 2 saturated carbocycles. The maximum atomic E-state index is 12.6. The van der Waals surface area contributed by atoms with Crippen LogP contribution in [-0.2, 0) is 14.3 Å².